The summed E-state index contributed by atoms with van der Waals surface area (Å²) in [5.74, 6) is 0.205. The van der Waals surface area contributed by atoms with E-state index in [4.69, 9.17) is 32.7 Å². The summed E-state index contributed by atoms with van der Waals surface area (Å²) in [4.78, 5) is 12.1. The quantitative estimate of drug-likeness (QED) is 0.761. The number of ether oxygens (including phenoxy) is 2. The van der Waals surface area contributed by atoms with Gasteiger partial charge in [-0.2, -0.15) is 0 Å². The van der Waals surface area contributed by atoms with Crippen LogP contribution in [0.5, 0.6) is 11.5 Å². The molecule has 3 rings (SSSR count). The number of nitrogens with one attached hydrogen (secondary N) is 1. The van der Waals surface area contributed by atoms with Crippen LogP contribution >= 0.6 is 23.2 Å². The highest BCUT2D eigenvalue weighted by Crippen LogP contribution is 2.32. The summed E-state index contributed by atoms with van der Waals surface area (Å²) in [5, 5.41) is 3.59. The molecule has 2 aromatic carbocycles. The van der Waals surface area contributed by atoms with E-state index in [-0.39, 0.29) is 29.5 Å². The molecule has 1 aliphatic heterocycles. The van der Waals surface area contributed by atoms with E-state index in [9.17, 15) is 13.2 Å². The number of sulfone groups is 1. The van der Waals surface area contributed by atoms with E-state index in [2.05, 4.69) is 5.32 Å². The molecule has 0 fully saturated rings. The van der Waals surface area contributed by atoms with Crippen LogP contribution in [-0.4, -0.2) is 33.3 Å². The number of hydrogen-bond acceptors (Lipinski definition) is 5. The summed E-state index contributed by atoms with van der Waals surface area (Å²) in [5.41, 5.74) is 0.698. The standard InChI is InChI=1S/C18H17Cl2NO5S/c19-13-2-1-12(15(20)9-13)11-21-18(22)5-8-27(23,24)14-3-4-16-17(10-14)26-7-6-25-16/h1-4,9-10H,5-8,11H2,(H,21,22). The average molecular weight is 430 g/mol. The topological polar surface area (TPSA) is 81.7 Å². The van der Waals surface area contributed by atoms with Crippen LogP contribution in [0.3, 0.4) is 0 Å². The monoisotopic (exact) mass is 429 g/mol. The molecular formula is C18H17Cl2NO5S. The minimum Gasteiger partial charge on any atom is -0.486 e. The Bertz CT molecular complexity index is 962. The minimum absolute atomic E-state index is 0.0975. The summed E-state index contributed by atoms with van der Waals surface area (Å²) in [6, 6.07) is 9.39. The first-order valence-electron chi connectivity index (χ1n) is 8.18. The van der Waals surface area contributed by atoms with Gasteiger partial charge in [-0.15, -0.1) is 0 Å². The molecule has 144 valence electrons. The lowest BCUT2D eigenvalue weighted by atomic mass is 10.2. The van der Waals surface area contributed by atoms with Crippen LogP contribution < -0.4 is 14.8 Å². The van der Waals surface area contributed by atoms with Crippen molar-refractivity contribution in [2.45, 2.75) is 17.9 Å². The number of carbonyl (C=O) groups is 1. The average Bonchev–Trinajstić information content (AvgIpc) is 2.65. The van der Waals surface area contributed by atoms with Crippen molar-refractivity contribution in [1.29, 1.82) is 0 Å². The zero-order valence-electron chi connectivity index (χ0n) is 14.2. The van der Waals surface area contributed by atoms with Crippen LogP contribution in [0.4, 0.5) is 0 Å². The van der Waals surface area contributed by atoms with Crippen molar-refractivity contribution in [3.05, 3.63) is 52.0 Å². The highest BCUT2D eigenvalue weighted by molar-refractivity contribution is 7.91. The van der Waals surface area contributed by atoms with E-state index >= 15 is 0 Å². The molecule has 1 amide bonds. The fourth-order valence-corrected chi connectivity index (χ4v) is 4.24. The maximum Gasteiger partial charge on any atom is 0.221 e. The molecule has 6 nitrogen and oxygen atoms in total. The van der Waals surface area contributed by atoms with Gasteiger partial charge in [0.25, 0.3) is 0 Å². The van der Waals surface area contributed by atoms with E-state index in [1.54, 1.807) is 24.3 Å². The van der Waals surface area contributed by atoms with Gasteiger partial charge in [-0.3, -0.25) is 4.79 Å². The van der Waals surface area contributed by atoms with Gasteiger partial charge in [0.15, 0.2) is 21.3 Å². The summed E-state index contributed by atoms with van der Waals surface area (Å²) >= 11 is 11.9. The van der Waals surface area contributed by atoms with Gasteiger partial charge < -0.3 is 14.8 Å². The van der Waals surface area contributed by atoms with Crippen molar-refractivity contribution >= 4 is 38.9 Å². The number of benzene rings is 2. The maximum atomic E-state index is 12.5. The zero-order valence-corrected chi connectivity index (χ0v) is 16.5. The van der Waals surface area contributed by atoms with Crippen molar-refractivity contribution in [2.24, 2.45) is 0 Å². The maximum absolute atomic E-state index is 12.5. The Labute approximate surface area is 167 Å². The molecule has 0 saturated heterocycles. The second-order valence-corrected chi connectivity index (χ2v) is 8.84. The largest absolute Gasteiger partial charge is 0.486 e. The highest BCUT2D eigenvalue weighted by atomic mass is 35.5. The van der Waals surface area contributed by atoms with Crippen LogP contribution in [0.1, 0.15) is 12.0 Å². The Morgan fingerprint density at radius 3 is 2.52 bits per heavy atom. The molecule has 1 N–H and O–H groups in total. The van der Waals surface area contributed by atoms with Crippen molar-refractivity contribution in [1.82, 2.24) is 5.32 Å². The van der Waals surface area contributed by atoms with E-state index in [1.807, 2.05) is 0 Å². The highest BCUT2D eigenvalue weighted by Gasteiger charge is 2.20. The SMILES string of the molecule is O=C(CCS(=O)(=O)c1ccc2c(c1)OCCO2)NCc1ccc(Cl)cc1Cl. The lowest BCUT2D eigenvalue weighted by molar-refractivity contribution is -0.120. The summed E-state index contributed by atoms with van der Waals surface area (Å²) in [6.45, 7) is 0.988. The van der Waals surface area contributed by atoms with Crippen molar-refractivity contribution in [2.75, 3.05) is 19.0 Å². The molecule has 9 heteroatoms. The lowest BCUT2D eigenvalue weighted by Crippen LogP contribution is -2.25. The Balaban J connectivity index is 1.57. The summed E-state index contributed by atoms with van der Waals surface area (Å²) < 4.78 is 35.7. The van der Waals surface area contributed by atoms with Crippen LogP contribution in [0, 0.1) is 0 Å². The normalized spacial score (nSPS) is 13.3. The number of rotatable bonds is 6. The number of hydrogen-bond donors (Lipinski definition) is 1. The number of carbonyl (C=O) groups excluding carboxylic acids is 1. The summed E-state index contributed by atoms with van der Waals surface area (Å²) in [7, 11) is -3.63. The van der Waals surface area contributed by atoms with Gasteiger partial charge in [0.1, 0.15) is 13.2 Å². The van der Waals surface area contributed by atoms with Crippen molar-refractivity contribution in [3.63, 3.8) is 0 Å². The number of fused-ring (bicyclic) bond motifs is 1. The second kappa shape index (κ2) is 8.37. The number of halogens is 2. The molecule has 0 radical (unpaired) electrons. The molecule has 1 heterocycles. The Hall–Kier alpha value is -1.96. The molecule has 0 aromatic heterocycles. The van der Waals surface area contributed by atoms with Gasteiger partial charge >= 0.3 is 0 Å². The van der Waals surface area contributed by atoms with E-state index in [0.29, 0.717) is 40.3 Å². The first-order chi connectivity index (χ1) is 12.8. The third kappa shape index (κ3) is 5.06. The zero-order chi connectivity index (χ0) is 19.4. The molecule has 2 aromatic rings. The molecular weight excluding hydrogens is 413 g/mol. The smallest absolute Gasteiger partial charge is 0.221 e. The third-order valence-corrected chi connectivity index (χ3v) is 6.26. The molecule has 0 spiro atoms. The lowest BCUT2D eigenvalue weighted by Gasteiger charge is -2.18. The molecule has 0 aliphatic carbocycles. The first kappa shape index (κ1) is 19.8. The van der Waals surface area contributed by atoms with Crippen molar-refractivity contribution in [3.8, 4) is 11.5 Å². The fraction of sp³-hybridized carbons (Fsp3) is 0.278. The Morgan fingerprint density at radius 1 is 1.04 bits per heavy atom. The van der Waals surface area contributed by atoms with Gasteiger partial charge in [-0.25, -0.2) is 8.42 Å². The van der Waals surface area contributed by atoms with Crippen molar-refractivity contribution < 1.29 is 22.7 Å². The predicted molar refractivity (Wildman–Crippen MR) is 102 cm³/mol. The first-order valence-corrected chi connectivity index (χ1v) is 10.6. The van der Waals surface area contributed by atoms with Crippen LogP contribution in [0.15, 0.2) is 41.3 Å². The predicted octanol–water partition coefficient (Wildman–Crippen LogP) is 3.24. The van der Waals surface area contributed by atoms with Gasteiger partial charge in [-0.05, 0) is 29.8 Å². The van der Waals surface area contributed by atoms with E-state index in [1.165, 1.54) is 12.1 Å². The fourth-order valence-electron chi connectivity index (χ4n) is 2.51. The Kier molecular flexibility index (Phi) is 6.14. The third-order valence-electron chi connectivity index (χ3n) is 3.96. The second-order valence-electron chi connectivity index (χ2n) is 5.89. The number of amides is 1. The van der Waals surface area contributed by atoms with E-state index < -0.39 is 9.84 Å². The van der Waals surface area contributed by atoms with Gasteiger partial charge in [-0.1, -0.05) is 29.3 Å². The van der Waals surface area contributed by atoms with Crippen LogP contribution in [-0.2, 0) is 21.2 Å². The molecule has 0 unspecified atom stereocenters. The molecule has 27 heavy (non-hydrogen) atoms. The van der Waals surface area contributed by atoms with Crippen LogP contribution in [0.2, 0.25) is 10.0 Å². The summed E-state index contributed by atoms with van der Waals surface area (Å²) in [6.07, 6.45) is -0.165. The molecule has 0 atom stereocenters. The van der Waals surface area contributed by atoms with Gasteiger partial charge in [0.2, 0.25) is 5.91 Å². The van der Waals surface area contributed by atoms with Gasteiger partial charge in [0.05, 0.1) is 10.6 Å². The minimum atomic E-state index is -3.63. The van der Waals surface area contributed by atoms with E-state index in [0.717, 1.165) is 0 Å². The van der Waals surface area contributed by atoms with Gasteiger partial charge in [0, 0.05) is 29.1 Å². The van der Waals surface area contributed by atoms with Crippen LogP contribution in [0.25, 0.3) is 0 Å². The molecule has 0 bridgehead atoms. The molecule has 1 aliphatic rings. The molecule has 0 saturated carbocycles. The Morgan fingerprint density at radius 2 is 1.78 bits per heavy atom.